The molecule has 0 bridgehead atoms. The maximum absolute atomic E-state index is 12.2. The quantitative estimate of drug-likeness (QED) is 0.572. The predicted octanol–water partition coefficient (Wildman–Crippen LogP) is 2.05. The van der Waals surface area contributed by atoms with Gasteiger partial charge in [0.15, 0.2) is 0 Å². The van der Waals surface area contributed by atoms with Gasteiger partial charge in [0.25, 0.3) is 0 Å². The van der Waals surface area contributed by atoms with Crippen molar-refractivity contribution in [3.63, 3.8) is 0 Å². The van der Waals surface area contributed by atoms with E-state index in [4.69, 9.17) is 6.42 Å². The molecule has 1 aromatic rings. The average molecular weight is 328 g/mol. The Morgan fingerprint density at radius 2 is 2.00 bits per heavy atom. The summed E-state index contributed by atoms with van der Waals surface area (Å²) in [5, 5.41) is 14.6. The lowest BCUT2D eigenvalue weighted by atomic mass is 9.82. The summed E-state index contributed by atoms with van der Waals surface area (Å²) >= 11 is 0. The monoisotopic (exact) mass is 328 g/mol. The smallest absolute Gasteiger partial charge is 0.313 e. The Morgan fingerprint density at radius 3 is 2.67 bits per heavy atom. The second-order valence-electron chi connectivity index (χ2n) is 6.17. The normalized spacial score (nSPS) is 16.0. The van der Waals surface area contributed by atoms with Crippen LogP contribution < -0.4 is 10.6 Å². The third-order valence-corrected chi connectivity index (χ3v) is 4.47. The van der Waals surface area contributed by atoms with E-state index in [1.807, 2.05) is 0 Å². The molecule has 1 fully saturated rings. The molecule has 0 heterocycles. The minimum Gasteiger partial charge on any atom is -0.396 e. The second-order valence-corrected chi connectivity index (χ2v) is 6.17. The summed E-state index contributed by atoms with van der Waals surface area (Å²) in [6.07, 6.45) is 11.3. The van der Waals surface area contributed by atoms with Crippen LogP contribution in [0.4, 0.5) is 5.69 Å². The highest BCUT2D eigenvalue weighted by Crippen LogP contribution is 2.27. The number of aliphatic hydroxyl groups excluding tert-OH is 1. The third-order valence-electron chi connectivity index (χ3n) is 4.47. The first-order chi connectivity index (χ1) is 11.6. The highest BCUT2D eigenvalue weighted by molar-refractivity contribution is 6.39. The summed E-state index contributed by atoms with van der Waals surface area (Å²) in [7, 11) is 0. The molecule has 0 saturated heterocycles. The molecule has 128 valence electrons. The second kappa shape index (κ2) is 9.09. The van der Waals surface area contributed by atoms with E-state index in [2.05, 4.69) is 16.6 Å². The van der Waals surface area contributed by atoms with E-state index in [1.54, 1.807) is 24.3 Å². The fraction of sp³-hybridized carbons (Fsp3) is 0.474. The molecule has 0 aromatic heterocycles. The number of benzene rings is 1. The molecular weight excluding hydrogens is 304 g/mol. The van der Waals surface area contributed by atoms with Crippen LogP contribution in [-0.4, -0.2) is 29.6 Å². The summed E-state index contributed by atoms with van der Waals surface area (Å²) in [6, 6.07) is 6.62. The number of anilines is 1. The summed E-state index contributed by atoms with van der Waals surface area (Å²) in [6.45, 7) is -0.00667. The molecule has 1 aliphatic carbocycles. The van der Waals surface area contributed by atoms with Crippen molar-refractivity contribution in [2.24, 2.45) is 5.92 Å². The lowest BCUT2D eigenvalue weighted by Crippen LogP contribution is -2.46. The molecule has 1 unspecified atom stereocenters. The molecule has 24 heavy (non-hydrogen) atoms. The molecule has 1 aliphatic rings. The van der Waals surface area contributed by atoms with Crippen LogP contribution in [-0.2, 0) is 9.59 Å². The summed E-state index contributed by atoms with van der Waals surface area (Å²) < 4.78 is 0. The topological polar surface area (TPSA) is 78.4 Å². The van der Waals surface area contributed by atoms with Crippen molar-refractivity contribution < 1.29 is 14.7 Å². The van der Waals surface area contributed by atoms with Gasteiger partial charge in [0, 0.05) is 23.9 Å². The van der Waals surface area contributed by atoms with Crippen LogP contribution >= 0.6 is 0 Å². The standard InChI is InChI=1S/C19H24N2O3/c1-2-14-7-6-10-16(13-14)20-18(23)19(24)21-17(11-12-22)15-8-4-3-5-9-15/h1,6-7,10,13,15,17,22H,3-5,8-9,11-12H2,(H,20,23)(H,21,24). The van der Waals surface area contributed by atoms with Crippen LogP contribution in [0.5, 0.6) is 0 Å². The maximum Gasteiger partial charge on any atom is 0.313 e. The number of hydrogen-bond donors (Lipinski definition) is 3. The first-order valence-corrected chi connectivity index (χ1v) is 8.43. The zero-order valence-electron chi connectivity index (χ0n) is 13.8. The van der Waals surface area contributed by atoms with Gasteiger partial charge in [-0.3, -0.25) is 9.59 Å². The number of nitrogens with one attached hydrogen (secondary N) is 2. The number of carbonyl (C=O) groups is 2. The van der Waals surface area contributed by atoms with E-state index >= 15 is 0 Å². The number of carbonyl (C=O) groups excluding carboxylic acids is 2. The number of terminal acetylenes is 1. The van der Waals surface area contributed by atoms with E-state index in [0.717, 1.165) is 25.7 Å². The van der Waals surface area contributed by atoms with Crippen molar-refractivity contribution in [3.8, 4) is 12.3 Å². The molecular formula is C19H24N2O3. The van der Waals surface area contributed by atoms with Crippen LogP contribution in [0.25, 0.3) is 0 Å². The van der Waals surface area contributed by atoms with Gasteiger partial charge >= 0.3 is 11.8 Å². The largest absolute Gasteiger partial charge is 0.396 e. The number of rotatable bonds is 5. The Labute approximate surface area is 142 Å². The van der Waals surface area contributed by atoms with Gasteiger partial charge in [-0.25, -0.2) is 0 Å². The number of amides is 2. The Hall–Kier alpha value is -2.32. The van der Waals surface area contributed by atoms with Crippen LogP contribution in [0, 0.1) is 18.3 Å². The molecule has 5 nitrogen and oxygen atoms in total. The van der Waals surface area contributed by atoms with Gasteiger partial charge in [-0.2, -0.15) is 0 Å². The van der Waals surface area contributed by atoms with Crippen molar-refractivity contribution in [1.29, 1.82) is 0 Å². The van der Waals surface area contributed by atoms with Gasteiger partial charge in [-0.15, -0.1) is 6.42 Å². The minimum absolute atomic E-state index is 0.00667. The number of hydrogen-bond acceptors (Lipinski definition) is 3. The van der Waals surface area contributed by atoms with Gasteiger partial charge < -0.3 is 15.7 Å². The van der Waals surface area contributed by atoms with E-state index in [1.165, 1.54) is 6.42 Å². The Morgan fingerprint density at radius 1 is 1.25 bits per heavy atom. The summed E-state index contributed by atoms with van der Waals surface area (Å²) in [5.41, 5.74) is 1.12. The minimum atomic E-state index is -0.720. The SMILES string of the molecule is C#Cc1cccc(NC(=O)C(=O)NC(CCO)C2CCCCC2)c1. The molecule has 2 amide bonds. The lowest BCUT2D eigenvalue weighted by molar-refractivity contribution is -0.137. The molecule has 0 spiro atoms. The van der Waals surface area contributed by atoms with E-state index in [9.17, 15) is 14.7 Å². The zero-order chi connectivity index (χ0) is 17.4. The van der Waals surface area contributed by atoms with Crippen molar-refractivity contribution >= 4 is 17.5 Å². The lowest BCUT2D eigenvalue weighted by Gasteiger charge is -2.30. The third kappa shape index (κ3) is 5.10. The Kier molecular flexibility index (Phi) is 6.83. The molecule has 3 N–H and O–H groups in total. The van der Waals surface area contributed by atoms with Crippen molar-refractivity contribution in [2.45, 2.75) is 44.6 Å². The van der Waals surface area contributed by atoms with Crippen molar-refractivity contribution in [1.82, 2.24) is 5.32 Å². The van der Waals surface area contributed by atoms with Gasteiger partial charge in [0.2, 0.25) is 0 Å². The van der Waals surface area contributed by atoms with Crippen LogP contribution in [0.3, 0.4) is 0 Å². The molecule has 2 rings (SSSR count). The molecule has 1 aromatic carbocycles. The van der Waals surface area contributed by atoms with Gasteiger partial charge in [0.1, 0.15) is 0 Å². The van der Waals surface area contributed by atoms with Crippen molar-refractivity contribution in [3.05, 3.63) is 29.8 Å². The van der Waals surface area contributed by atoms with Crippen LogP contribution in [0.15, 0.2) is 24.3 Å². The van der Waals surface area contributed by atoms with Crippen molar-refractivity contribution in [2.75, 3.05) is 11.9 Å². The van der Waals surface area contributed by atoms with Gasteiger partial charge in [-0.05, 0) is 43.4 Å². The van der Waals surface area contributed by atoms with Crippen LogP contribution in [0.2, 0.25) is 0 Å². The highest BCUT2D eigenvalue weighted by Gasteiger charge is 2.26. The molecule has 5 heteroatoms. The average Bonchev–Trinajstić information content (AvgIpc) is 2.62. The van der Waals surface area contributed by atoms with Gasteiger partial charge in [0.05, 0.1) is 0 Å². The Balaban J connectivity index is 1.95. The summed E-state index contributed by atoms with van der Waals surface area (Å²) in [4.78, 5) is 24.3. The Bertz CT molecular complexity index is 615. The first kappa shape index (κ1) is 18.0. The summed E-state index contributed by atoms with van der Waals surface area (Å²) in [5.74, 6) is 1.41. The molecule has 1 atom stereocenters. The number of aliphatic hydroxyl groups is 1. The fourth-order valence-corrected chi connectivity index (χ4v) is 3.21. The highest BCUT2D eigenvalue weighted by atomic mass is 16.3. The maximum atomic E-state index is 12.2. The van der Waals surface area contributed by atoms with E-state index in [0.29, 0.717) is 23.6 Å². The molecule has 0 aliphatic heterocycles. The predicted molar refractivity (Wildman–Crippen MR) is 93.2 cm³/mol. The first-order valence-electron chi connectivity index (χ1n) is 8.43. The van der Waals surface area contributed by atoms with E-state index < -0.39 is 11.8 Å². The zero-order valence-corrected chi connectivity index (χ0v) is 13.8. The molecule has 0 radical (unpaired) electrons. The molecule has 1 saturated carbocycles. The van der Waals surface area contributed by atoms with E-state index in [-0.39, 0.29) is 12.6 Å². The van der Waals surface area contributed by atoms with Gasteiger partial charge in [-0.1, -0.05) is 31.2 Å². The van der Waals surface area contributed by atoms with Crippen LogP contribution in [0.1, 0.15) is 44.1 Å². The fourth-order valence-electron chi connectivity index (χ4n) is 3.21.